The van der Waals surface area contributed by atoms with Crippen LogP contribution in [-0.2, 0) is 9.53 Å². The molecule has 94 valence electrons. The van der Waals surface area contributed by atoms with Crippen LogP contribution in [0.1, 0.15) is 13.8 Å². The molecule has 1 rings (SSSR count). The molecule has 1 N–H and O–H groups in total. The Morgan fingerprint density at radius 1 is 1.47 bits per heavy atom. The summed E-state index contributed by atoms with van der Waals surface area (Å²) >= 11 is 1.70. The standard InChI is InChI=1S/C13H19NO2S/c1-13(2,12(15)16-3)9-14-10-6-5-7-11(8-10)17-4/h5-8,14H,9H2,1-4H3. The number of carbonyl (C=O) groups excluding carboxylic acids is 1. The van der Waals surface area contributed by atoms with E-state index in [4.69, 9.17) is 4.74 Å². The third-order valence-corrected chi connectivity index (χ3v) is 3.27. The van der Waals surface area contributed by atoms with Crippen LogP contribution < -0.4 is 5.32 Å². The summed E-state index contributed by atoms with van der Waals surface area (Å²) in [4.78, 5) is 12.7. The molecule has 0 saturated carbocycles. The highest BCUT2D eigenvalue weighted by molar-refractivity contribution is 7.98. The number of carbonyl (C=O) groups is 1. The van der Waals surface area contributed by atoms with Crippen molar-refractivity contribution in [2.24, 2.45) is 5.41 Å². The fourth-order valence-corrected chi connectivity index (χ4v) is 1.86. The first-order valence-electron chi connectivity index (χ1n) is 5.46. The van der Waals surface area contributed by atoms with Crippen molar-refractivity contribution in [3.05, 3.63) is 24.3 Å². The summed E-state index contributed by atoms with van der Waals surface area (Å²) in [5, 5.41) is 3.26. The highest BCUT2D eigenvalue weighted by Gasteiger charge is 2.28. The van der Waals surface area contributed by atoms with Crippen LogP contribution >= 0.6 is 11.8 Å². The number of nitrogens with one attached hydrogen (secondary N) is 1. The highest BCUT2D eigenvalue weighted by atomic mass is 32.2. The molecule has 4 heteroatoms. The summed E-state index contributed by atoms with van der Waals surface area (Å²) in [5.41, 5.74) is 0.498. The van der Waals surface area contributed by atoms with Gasteiger partial charge in [-0.25, -0.2) is 0 Å². The van der Waals surface area contributed by atoms with Gasteiger partial charge in [0.25, 0.3) is 0 Å². The van der Waals surface area contributed by atoms with Gasteiger partial charge in [0.1, 0.15) is 0 Å². The largest absolute Gasteiger partial charge is 0.469 e. The molecule has 0 radical (unpaired) electrons. The van der Waals surface area contributed by atoms with Crippen LogP contribution in [0.3, 0.4) is 0 Å². The second-order valence-electron chi connectivity index (χ2n) is 4.46. The molecular formula is C13H19NO2S. The average molecular weight is 253 g/mol. The van der Waals surface area contributed by atoms with E-state index in [0.717, 1.165) is 5.69 Å². The number of methoxy groups -OCH3 is 1. The minimum Gasteiger partial charge on any atom is -0.469 e. The number of hydrogen-bond acceptors (Lipinski definition) is 4. The van der Waals surface area contributed by atoms with Gasteiger partial charge in [-0.1, -0.05) is 6.07 Å². The summed E-state index contributed by atoms with van der Waals surface area (Å²) < 4.78 is 4.77. The topological polar surface area (TPSA) is 38.3 Å². The minimum atomic E-state index is -0.524. The van der Waals surface area contributed by atoms with Crippen molar-refractivity contribution in [3.63, 3.8) is 0 Å². The number of rotatable bonds is 5. The van der Waals surface area contributed by atoms with Crippen LogP contribution in [0.25, 0.3) is 0 Å². The van der Waals surface area contributed by atoms with E-state index in [-0.39, 0.29) is 5.97 Å². The first-order valence-corrected chi connectivity index (χ1v) is 6.68. The predicted octanol–water partition coefficient (Wildman–Crippen LogP) is 3.02. The molecule has 0 atom stereocenters. The molecule has 0 saturated heterocycles. The van der Waals surface area contributed by atoms with Gasteiger partial charge in [0.2, 0.25) is 0 Å². The SMILES string of the molecule is COC(=O)C(C)(C)CNc1cccc(SC)c1. The molecule has 1 aromatic rings. The summed E-state index contributed by atoms with van der Waals surface area (Å²) in [5.74, 6) is -0.203. The number of ether oxygens (including phenoxy) is 1. The van der Waals surface area contributed by atoms with Gasteiger partial charge >= 0.3 is 5.97 Å². The van der Waals surface area contributed by atoms with Crippen molar-refractivity contribution in [1.29, 1.82) is 0 Å². The zero-order chi connectivity index (χ0) is 12.9. The normalized spacial score (nSPS) is 11.1. The molecule has 0 aliphatic heterocycles. The lowest BCUT2D eigenvalue weighted by atomic mass is 9.93. The summed E-state index contributed by atoms with van der Waals surface area (Å²) in [7, 11) is 1.42. The van der Waals surface area contributed by atoms with E-state index in [1.54, 1.807) is 11.8 Å². The van der Waals surface area contributed by atoms with Crippen LogP contribution in [0.15, 0.2) is 29.2 Å². The Kier molecular flexibility index (Phi) is 4.87. The monoisotopic (exact) mass is 253 g/mol. The van der Waals surface area contributed by atoms with Crippen LogP contribution in [0.4, 0.5) is 5.69 Å². The molecule has 0 unspecified atom stereocenters. The zero-order valence-corrected chi connectivity index (χ0v) is 11.6. The van der Waals surface area contributed by atoms with Crippen LogP contribution in [0.5, 0.6) is 0 Å². The van der Waals surface area contributed by atoms with Crippen molar-refractivity contribution in [3.8, 4) is 0 Å². The van der Waals surface area contributed by atoms with Gasteiger partial charge in [-0.15, -0.1) is 11.8 Å². The molecule has 0 aliphatic rings. The van der Waals surface area contributed by atoms with Gasteiger partial charge in [0.05, 0.1) is 12.5 Å². The maximum Gasteiger partial charge on any atom is 0.313 e. The molecule has 0 aliphatic carbocycles. The van der Waals surface area contributed by atoms with Gasteiger partial charge < -0.3 is 10.1 Å². The molecule has 0 amide bonds. The Labute approximate surface area is 107 Å². The van der Waals surface area contributed by atoms with Gasteiger partial charge in [-0.3, -0.25) is 4.79 Å². The van der Waals surface area contributed by atoms with E-state index in [1.807, 2.05) is 32.2 Å². The zero-order valence-electron chi connectivity index (χ0n) is 10.7. The summed E-state index contributed by atoms with van der Waals surface area (Å²) in [6, 6.07) is 8.12. The number of hydrogen-bond donors (Lipinski definition) is 1. The van der Waals surface area contributed by atoms with E-state index >= 15 is 0 Å². The molecule has 0 bridgehead atoms. The Hall–Kier alpha value is -1.16. The molecular weight excluding hydrogens is 234 g/mol. The van der Waals surface area contributed by atoms with Gasteiger partial charge in [-0.2, -0.15) is 0 Å². The van der Waals surface area contributed by atoms with Crippen LogP contribution in [-0.4, -0.2) is 25.9 Å². The molecule has 17 heavy (non-hydrogen) atoms. The number of anilines is 1. The molecule has 0 fully saturated rings. The van der Waals surface area contributed by atoms with E-state index in [2.05, 4.69) is 17.4 Å². The molecule has 0 aromatic heterocycles. The Morgan fingerprint density at radius 3 is 2.76 bits per heavy atom. The Morgan fingerprint density at radius 2 is 2.18 bits per heavy atom. The molecule has 1 aromatic carbocycles. The second kappa shape index (κ2) is 5.96. The second-order valence-corrected chi connectivity index (χ2v) is 5.34. The van der Waals surface area contributed by atoms with E-state index in [1.165, 1.54) is 12.0 Å². The first-order chi connectivity index (χ1) is 7.99. The van der Waals surface area contributed by atoms with Gasteiger partial charge in [-0.05, 0) is 38.3 Å². The smallest absolute Gasteiger partial charge is 0.313 e. The lowest BCUT2D eigenvalue weighted by Gasteiger charge is -2.22. The van der Waals surface area contributed by atoms with Crippen LogP contribution in [0, 0.1) is 5.41 Å². The van der Waals surface area contributed by atoms with Crippen molar-refractivity contribution in [2.75, 3.05) is 25.2 Å². The van der Waals surface area contributed by atoms with Gasteiger partial charge in [0, 0.05) is 17.1 Å². The summed E-state index contributed by atoms with van der Waals surface area (Å²) in [6.07, 6.45) is 2.04. The van der Waals surface area contributed by atoms with E-state index in [9.17, 15) is 4.79 Å². The number of esters is 1. The summed E-state index contributed by atoms with van der Waals surface area (Å²) in [6.45, 7) is 4.28. The minimum absolute atomic E-state index is 0.203. The lowest BCUT2D eigenvalue weighted by molar-refractivity contribution is -0.149. The fourth-order valence-electron chi connectivity index (χ4n) is 1.40. The number of thioether (sulfide) groups is 1. The van der Waals surface area contributed by atoms with Crippen molar-refractivity contribution in [1.82, 2.24) is 0 Å². The fraction of sp³-hybridized carbons (Fsp3) is 0.462. The first kappa shape index (κ1) is 13.9. The van der Waals surface area contributed by atoms with E-state index in [0.29, 0.717) is 6.54 Å². The molecule has 0 heterocycles. The van der Waals surface area contributed by atoms with Crippen molar-refractivity contribution in [2.45, 2.75) is 18.7 Å². The average Bonchev–Trinajstić information content (AvgIpc) is 2.35. The number of benzene rings is 1. The molecule has 0 spiro atoms. The third-order valence-electron chi connectivity index (χ3n) is 2.54. The van der Waals surface area contributed by atoms with Crippen molar-refractivity contribution < 1.29 is 9.53 Å². The van der Waals surface area contributed by atoms with Crippen LogP contribution in [0.2, 0.25) is 0 Å². The maximum atomic E-state index is 11.5. The third kappa shape index (κ3) is 3.97. The maximum absolute atomic E-state index is 11.5. The van der Waals surface area contributed by atoms with E-state index < -0.39 is 5.41 Å². The quantitative estimate of drug-likeness (QED) is 0.646. The van der Waals surface area contributed by atoms with Gasteiger partial charge in [0.15, 0.2) is 0 Å². The predicted molar refractivity (Wildman–Crippen MR) is 72.5 cm³/mol. The Bertz CT molecular complexity index is 391. The van der Waals surface area contributed by atoms with Crippen molar-refractivity contribution >= 4 is 23.4 Å². The lowest BCUT2D eigenvalue weighted by Crippen LogP contribution is -2.33. The molecule has 3 nitrogen and oxygen atoms in total. The Balaban J connectivity index is 2.63. The highest BCUT2D eigenvalue weighted by Crippen LogP contribution is 2.22.